The molecule has 21 heavy (non-hydrogen) atoms. The zero-order valence-corrected chi connectivity index (χ0v) is 12.7. The molecular formula is C12H12N4O3S2. The van der Waals surface area contributed by atoms with Gasteiger partial charge in [0.1, 0.15) is 17.2 Å². The lowest BCUT2D eigenvalue weighted by atomic mass is 10.3. The number of hydrogen-bond donors (Lipinski definition) is 2. The highest BCUT2D eigenvalue weighted by Crippen LogP contribution is 2.28. The van der Waals surface area contributed by atoms with Gasteiger partial charge in [-0.2, -0.15) is 0 Å². The SMILES string of the molecule is Cc1cc(CS(=O)(=O)Nc2nc3ccc(N)cc3s2)no1. The Morgan fingerprint density at radius 1 is 1.38 bits per heavy atom. The Kier molecular flexibility index (Phi) is 3.30. The van der Waals surface area contributed by atoms with Crippen molar-refractivity contribution in [1.29, 1.82) is 0 Å². The van der Waals surface area contributed by atoms with E-state index in [0.717, 1.165) is 4.70 Å². The molecule has 2 aromatic heterocycles. The number of anilines is 2. The van der Waals surface area contributed by atoms with Crippen molar-refractivity contribution < 1.29 is 12.9 Å². The van der Waals surface area contributed by atoms with Crippen LogP contribution in [0, 0.1) is 6.92 Å². The van der Waals surface area contributed by atoms with E-state index in [9.17, 15) is 8.42 Å². The van der Waals surface area contributed by atoms with Crippen molar-refractivity contribution in [2.45, 2.75) is 12.7 Å². The summed E-state index contributed by atoms with van der Waals surface area (Å²) in [6.45, 7) is 1.70. The fourth-order valence-corrected chi connectivity index (χ4v) is 4.06. The van der Waals surface area contributed by atoms with Crippen LogP contribution in [0.2, 0.25) is 0 Å². The van der Waals surface area contributed by atoms with Crippen molar-refractivity contribution in [3.63, 3.8) is 0 Å². The number of sulfonamides is 1. The van der Waals surface area contributed by atoms with E-state index in [1.807, 2.05) is 0 Å². The van der Waals surface area contributed by atoms with Crippen LogP contribution in [0.15, 0.2) is 28.8 Å². The van der Waals surface area contributed by atoms with Crippen molar-refractivity contribution in [2.24, 2.45) is 0 Å². The average molecular weight is 324 g/mol. The van der Waals surface area contributed by atoms with Crippen LogP contribution in [0.3, 0.4) is 0 Å². The molecule has 0 spiro atoms. The van der Waals surface area contributed by atoms with Crippen molar-refractivity contribution in [3.05, 3.63) is 35.7 Å². The maximum Gasteiger partial charge on any atom is 0.240 e. The summed E-state index contributed by atoms with van der Waals surface area (Å²) in [5.74, 6) is 0.304. The van der Waals surface area contributed by atoms with Gasteiger partial charge in [0.2, 0.25) is 10.0 Å². The second-order valence-electron chi connectivity index (χ2n) is 4.54. The van der Waals surface area contributed by atoms with Crippen molar-refractivity contribution >= 4 is 42.4 Å². The molecule has 0 aliphatic carbocycles. The Morgan fingerprint density at radius 2 is 2.19 bits per heavy atom. The van der Waals surface area contributed by atoms with Gasteiger partial charge in [0.15, 0.2) is 5.13 Å². The van der Waals surface area contributed by atoms with E-state index in [4.69, 9.17) is 10.3 Å². The summed E-state index contributed by atoms with van der Waals surface area (Å²) in [6, 6.07) is 6.81. The lowest BCUT2D eigenvalue weighted by Gasteiger charge is -2.01. The van der Waals surface area contributed by atoms with Gasteiger partial charge in [0.25, 0.3) is 0 Å². The van der Waals surface area contributed by atoms with E-state index >= 15 is 0 Å². The first-order chi connectivity index (χ1) is 9.91. The van der Waals surface area contributed by atoms with Gasteiger partial charge in [-0.1, -0.05) is 16.5 Å². The van der Waals surface area contributed by atoms with Gasteiger partial charge in [-0.05, 0) is 25.1 Å². The Balaban J connectivity index is 1.83. The first-order valence-corrected chi connectivity index (χ1v) is 8.47. The number of aryl methyl sites for hydroxylation is 1. The van der Waals surface area contributed by atoms with Gasteiger partial charge < -0.3 is 10.3 Å². The number of nitrogen functional groups attached to an aromatic ring is 1. The molecule has 0 fully saturated rings. The monoisotopic (exact) mass is 324 g/mol. The zero-order valence-electron chi connectivity index (χ0n) is 11.0. The lowest BCUT2D eigenvalue weighted by molar-refractivity contribution is 0.392. The Labute approximate surface area is 124 Å². The molecule has 0 radical (unpaired) electrons. The Bertz CT molecular complexity index is 898. The molecule has 9 heteroatoms. The predicted molar refractivity (Wildman–Crippen MR) is 81.5 cm³/mol. The molecule has 0 aliphatic heterocycles. The summed E-state index contributed by atoms with van der Waals surface area (Å²) in [6.07, 6.45) is 0. The normalized spacial score (nSPS) is 11.9. The molecular weight excluding hydrogens is 312 g/mol. The largest absolute Gasteiger partial charge is 0.399 e. The van der Waals surface area contributed by atoms with Gasteiger partial charge >= 0.3 is 0 Å². The zero-order chi connectivity index (χ0) is 15.0. The van der Waals surface area contributed by atoms with Crippen LogP contribution in [0.25, 0.3) is 10.2 Å². The summed E-state index contributed by atoms with van der Waals surface area (Å²) in [4.78, 5) is 4.21. The minimum Gasteiger partial charge on any atom is -0.399 e. The third-order valence-corrected chi connectivity index (χ3v) is 4.91. The fourth-order valence-electron chi connectivity index (χ4n) is 1.83. The summed E-state index contributed by atoms with van der Waals surface area (Å²) >= 11 is 1.23. The summed E-state index contributed by atoms with van der Waals surface area (Å²) < 4.78 is 32.3. The van der Waals surface area contributed by atoms with Crippen LogP contribution in [-0.4, -0.2) is 18.6 Å². The Hall–Kier alpha value is -2.13. The maximum atomic E-state index is 12.1. The number of rotatable bonds is 4. The van der Waals surface area contributed by atoms with E-state index in [0.29, 0.717) is 27.8 Å². The average Bonchev–Trinajstić information content (AvgIpc) is 2.93. The third kappa shape index (κ3) is 3.14. The van der Waals surface area contributed by atoms with Crippen LogP contribution in [0.1, 0.15) is 11.5 Å². The minimum atomic E-state index is -3.59. The second kappa shape index (κ2) is 5.01. The van der Waals surface area contributed by atoms with E-state index in [-0.39, 0.29) is 5.75 Å². The highest BCUT2D eigenvalue weighted by Gasteiger charge is 2.17. The van der Waals surface area contributed by atoms with Gasteiger partial charge in [-0.25, -0.2) is 13.4 Å². The molecule has 1 aromatic carbocycles. The molecule has 0 saturated carbocycles. The van der Waals surface area contributed by atoms with E-state index in [1.54, 1.807) is 31.2 Å². The molecule has 0 bridgehead atoms. The van der Waals surface area contributed by atoms with Crippen molar-refractivity contribution in [3.8, 4) is 0 Å². The molecule has 0 aliphatic rings. The predicted octanol–water partition coefficient (Wildman–Crippen LogP) is 2.12. The van der Waals surface area contributed by atoms with E-state index < -0.39 is 10.0 Å². The van der Waals surface area contributed by atoms with Crippen LogP contribution in [0.5, 0.6) is 0 Å². The molecule has 0 unspecified atom stereocenters. The second-order valence-corrected chi connectivity index (χ2v) is 7.29. The quantitative estimate of drug-likeness (QED) is 0.711. The molecule has 3 aromatic rings. The van der Waals surface area contributed by atoms with Crippen LogP contribution in [-0.2, 0) is 15.8 Å². The first kappa shape index (κ1) is 13.8. The highest BCUT2D eigenvalue weighted by atomic mass is 32.2. The summed E-state index contributed by atoms with van der Waals surface area (Å²) in [5.41, 5.74) is 7.35. The third-order valence-electron chi connectivity index (χ3n) is 2.67. The smallest absolute Gasteiger partial charge is 0.240 e. The van der Waals surface area contributed by atoms with Crippen LogP contribution in [0.4, 0.5) is 10.8 Å². The molecule has 0 amide bonds. The van der Waals surface area contributed by atoms with Crippen molar-refractivity contribution in [2.75, 3.05) is 10.5 Å². The molecule has 110 valence electrons. The summed E-state index contributed by atoms with van der Waals surface area (Å²) in [5, 5.41) is 3.97. The number of nitrogens with zero attached hydrogens (tertiary/aromatic N) is 2. The molecule has 0 saturated heterocycles. The van der Waals surface area contributed by atoms with Crippen LogP contribution >= 0.6 is 11.3 Å². The molecule has 7 nitrogen and oxygen atoms in total. The number of aromatic nitrogens is 2. The first-order valence-electron chi connectivity index (χ1n) is 6.00. The molecule has 3 N–H and O–H groups in total. The fraction of sp³-hybridized carbons (Fsp3) is 0.167. The van der Waals surface area contributed by atoms with E-state index in [1.165, 1.54) is 11.3 Å². The van der Waals surface area contributed by atoms with Crippen LogP contribution < -0.4 is 10.5 Å². The summed E-state index contributed by atoms with van der Waals surface area (Å²) in [7, 11) is -3.59. The molecule has 3 rings (SSSR count). The van der Waals surface area contributed by atoms with E-state index in [2.05, 4.69) is 14.9 Å². The molecule has 0 atom stereocenters. The maximum absolute atomic E-state index is 12.1. The van der Waals surface area contributed by atoms with Gasteiger partial charge in [0, 0.05) is 11.8 Å². The number of nitrogens with one attached hydrogen (secondary N) is 1. The topological polar surface area (TPSA) is 111 Å². The Morgan fingerprint density at radius 3 is 2.90 bits per heavy atom. The number of fused-ring (bicyclic) bond motifs is 1. The van der Waals surface area contributed by atoms with Gasteiger partial charge in [0.05, 0.1) is 10.2 Å². The highest BCUT2D eigenvalue weighted by molar-refractivity contribution is 7.92. The van der Waals surface area contributed by atoms with Crippen molar-refractivity contribution in [1.82, 2.24) is 10.1 Å². The van der Waals surface area contributed by atoms with Gasteiger partial charge in [-0.3, -0.25) is 4.72 Å². The number of benzene rings is 1. The number of nitrogens with two attached hydrogens (primary N) is 1. The lowest BCUT2D eigenvalue weighted by Crippen LogP contribution is -2.15. The standard InChI is InChI=1S/C12H12N4O3S2/c1-7-4-9(15-19-7)6-21(17,18)16-12-14-10-3-2-8(13)5-11(10)20-12/h2-5H,6,13H2,1H3,(H,14,16). The minimum absolute atomic E-state index is 0.262. The number of hydrogen-bond acceptors (Lipinski definition) is 7. The number of thiazole rings is 1. The van der Waals surface area contributed by atoms with Gasteiger partial charge in [-0.15, -0.1) is 0 Å². The molecule has 2 heterocycles.